The van der Waals surface area contributed by atoms with Crippen LogP contribution in [0.25, 0.3) is 0 Å². The van der Waals surface area contributed by atoms with Crippen LogP contribution in [0.3, 0.4) is 0 Å². The van der Waals surface area contributed by atoms with Crippen LogP contribution in [0.2, 0.25) is 0 Å². The van der Waals surface area contributed by atoms with Gasteiger partial charge in [-0.3, -0.25) is 9.48 Å². The van der Waals surface area contributed by atoms with E-state index < -0.39 is 0 Å². The number of aryl methyl sites for hydroxylation is 2. The summed E-state index contributed by atoms with van der Waals surface area (Å²) < 4.78 is 18.2. The quantitative estimate of drug-likeness (QED) is 0.696. The van der Waals surface area contributed by atoms with E-state index in [9.17, 15) is 4.79 Å². The first kappa shape index (κ1) is 19.3. The van der Waals surface area contributed by atoms with Crippen LogP contribution in [0.1, 0.15) is 21.7 Å². The minimum atomic E-state index is -0.219. The molecule has 7 nitrogen and oxygen atoms in total. The molecule has 0 aliphatic heterocycles. The van der Waals surface area contributed by atoms with E-state index >= 15 is 0 Å². The molecule has 146 valence electrons. The van der Waals surface area contributed by atoms with Crippen LogP contribution < -0.4 is 19.5 Å². The Kier molecular flexibility index (Phi) is 5.54. The Morgan fingerprint density at radius 2 is 1.64 bits per heavy atom. The summed E-state index contributed by atoms with van der Waals surface area (Å²) in [6.07, 6.45) is 0. The summed E-state index contributed by atoms with van der Waals surface area (Å²) in [5.41, 5.74) is 2.65. The standard InChI is InChI=1S/C21H23N3O4/c1-13-20(14(2)24(3)23-13)21(25)22-15-6-11-18(27-5)19(12-15)28-17-9-7-16(26-4)8-10-17/h6-12H,1-5H3,(H,22,25). The van der Waals surface area contributed by atoms with Gasteiger partial charge >= 0.3 is 0 Å². The average molecular weight is 381 g/mol. The number of benzene rings is 2. The predicted octanol–water partition coefficient (Wildman–Crippen LogP) is 4.10. The Morgan fingerprint density at radius 3 is 2.21 bits per heavy atom. The van der Waals surface area contributed by atoms with Gasteiger partial charge in [-0.2, -0.15) is 5.10 Å². The average Bonchev–Trinajstić information content (AvgIpc) is 2.94. The van der Waals surface area contributed by atoms with E-state index in [0.29, 0.717) is 34.2 Å². The topological polar surface area (TPSA) is 74.6 Å². The van der Waals surface area contributed by atoms with E-state index in [1.54, 1.807) is 61.4 Å². The van der Waals surface area contributed by atoms with E-state index in [2.05, 4.69) is 10.4 Å². The number of ether oxygens (including phenoxy) is 3. The van der Waals surface area contributed by atoms with Crippen LogP contribution in [0.4, 0.5) is 5.69 Å². The molecule has 1 amide bonds. The van der Waals surface area contributed by atoms with Crippen molar-refractivity contribution in [2.75, 3.05) is 19.5 Å². The first-order valence-electron chi connectivity index (χ1n) is 8.74. The number of aromatic nitrogens is 2. The summed E-state index contributed by atoms with van der Waals surface area (Å²) in [5.74, 6) is 2.19. The van der Waals surface area contributed by atoms with Crippen molar-refractivity contribution in [3.63, 3.8) is 0 Å². The lowest BCUT2D eigenvalue weighted by Crippen LogP contribution is -2.14. The third-order valence-electron chi connectivity index (χ3n) is 4.44. The molecule has 0 bridgehead atoms. The zero-order chi connectivity index (χ0) is 20.3. The minimum Gasteiger partial charge on any atom is -0.497 e. The van der Waals surface area contributed by atoms with Gasteiger partial charge in [0.05, 0.1) is 25.5 Å². The number of hydrogen-bond donors (Lipinski definition) is 1. The molecule has 3 rings (SSSR count). The molecule has 0 unspecified atom stereocenters. The predicted molar refractivity (Wildman–Crippen MR) is 107 cm³/mol. The van der Waals surface area contributed by atoms with Gasteiger partial charge in [0, 0.05) is 24.5 Å². The number of carbonyl (C=O) groups excluding carboxylic acids is 1. The van der Waals surface area contributed by atoms with Gasteiger partial charge in [-0.1, -0.05) is 0 Å². The maximum atomic E-state index is 12.7. The van der Waals surface area contributed by atoms with Crippen molar-refractivity contribution in [1.82, 2.24) is 9.78 Å². The second kappa shape index (κ2) is 8.04. The Bertz CT molecular complexity index is 994. The highest BCUT2D eigenvalue weighted by atomic mass is 16.5. The van der Waals surface area contributed by atoms with Gasteiger partial charge < -0.3 is 19.5 Å². The van der Waals surface area contributed by atoms with Crippen LogP contribution in [-0.2, 0) is 7.05 Å². The van der Waals surface area contributed by atoms with Gasteiger partial charge in [0.15, 0.2) is 11.5 Å². The molecule has 0 saturated carbocycles. The molecular formula is C21H23N3O4. The molecule has 0 aliphatic carbocycles. The number of carbonyl (C=O) groups is 1. The molecule has 2 aromatic carbocycles. The zero-order valence-electron chi connectivity index (χ0n) is 16.6. The molecule has 0 spiro atoms. The van der Waals surface area contributed by atoms with E-state index in [1.807, 2.05) is 20.9 Å². The summed E-state index contributed by atoms with van der Waals surface area (Å²) in [6.45, 7) is 3.68. The lowest BCUT2D eigenvalue weighted by atomic mass is 10.1. The Labute approximate surface area is 163 Å². The normalized spacial score (nSPS) is 10.5. The lowest BCUT2D eigenvalue weighted by molar-refractivity contribution is 0.102. The van der Waals surface area contributed by atoms with E-state index in [0.717, 1.165) is 11.4 Å². The molecule has 0 radical (unpaired) electrons. The fourth-order valence-electron chi connectivity index (χ4n) is 2.90. The van der Waals surface area contributed by atoms with Crippen molar-refractivity contribution < 1.29 is 19.0 Å². The van der Waals surface area contributed by atoms with Gasteiger partial charge in [0.2, 0.25) is 0 Å². The first-order valence-corrected chi connectivity index (χ1v) is 8.74. The van der Waals surface area contributed by atoms with Crippen molar-refractivity contribution in [1.29, 1.82) is 0 Å². The number of rotatable bonds is 6. The molecule has 1 heterocycles. The molecule has 7 heteroatoms. The zero-order valence-corrected chi connectivity index (χ0v) is 16.6. The largest absolute Gasteiger partial charge is 0.497 e. The van der Waals surface area contributed by atoms with Crippen LogP contribution in [-0.4, -0.2) is 29.9 Å². The molecule has 1 aromatic heterocycles. The molecule has 1 N–H and O–H groups in total. The van der Waals surface area contributed by atoms with Gasteiger partial charge in [-0.15, -0.1) is 0 Å². The number of methoxy groups -OCH3 is 2. The maximum absolute atomic E-state index is 12.7. The fraction of sp³-hybridized carbons (Fsp3) is 0.238. The number of nitrogens with one attached hydrogen (secondary N) is 1. The van der Waals surface area contributed by atoms with Crippen LogP contribution in [0.5, 0.6) is 23.0 Å². The Balaban J connectivity index is 1.84. The van der Waals surface area contributed by atoms with Crippen molar-refractivity contribution in [3.8, 4) is 23.0 Å². The molecular weight excluding hydrogens is 358 g/mol. The number of hydrogen-bond acceptors (Lipinski definition) is 5. The summed E-state index contributed by atoms with van der Waals surface area (Å²) in [7, 11) is 4.99. The van der Waals surface area contributed by atoms with Crippen LogP contribution in [0, 0.1) is 13.8 Å². The van der Waals surface area contributed by atoms with Crippen LogP contribution in [0.15, 0.2) is 42.5 Å². The SMILES string of the molecule is COc1ccc(Oc2cc(NC(=O)c3c(C)nn(C)c3C)ccc2OC)cc1. The van der Waals surface area contributed by atoms with Crippen molar-refractivity contribution in [2.45, 2.75) is 13.8 Å². The second-order valence-electron chi connectivity index (χ2n) is 6.27. The monoisotopic (exact) mass is 381 g/mol. The fourth-order valence-corrected chi connectivity index (χ4v) is 2.90. The van der Waals surface area contributed by atoms with E-state index in [-0.39, 0.29) is 5.91 Å². The highest BCUT2D eigenvalue weighted by molar-refractivity contribution is 6.06. The highest BCUT2D eigenvalue weighted by Gasteiger charge is 2.18. The molecule has 0 saturated heterocycles. The minimum absolute atomic E-state index is 0.219. The van der Waals surface area contributed by atoms with Gasteiger partial charge in [-0.05, 0) is 50.2 Å². The van der Waals surface area contributed by atoms with Crippen LogP contribution >= 0.6 is 0 Å². The number of anilines is 1. The molecule has 3 aromatic rings. The lowest BCUT2D eigenvalue weighted by Gasteiger charge is -2.13. The maximum Gasteiger partial charge on any atom is 0.259 e. The number of nitrogens with zero attached hydrogens (tertiary/aromatic N) is 2. The Morgan fingerprint density at radius 1 is 0.964 bits per heavy atom. The molecule has 0 fully saturated rings. The van der Waals surface area contributed by atoms with E-state index in [4.69, 9.17) is 14.2 Å². The molecule has 0 aliphatic rings. The second-order valence-corrected chi connectivity index (χ2v) is 6.27. The summed E-state index contributed by atoms with van der Waals surface area (Å²) in [4.78, 5) is 12.7. The summed E-state index contributed by atoms with van der Waals surface area (Å²) >= 11 is 0. The molecule has 0 atom stereocenters. The van der Waals surface area contributed by atoms with Crippen molar-refractivity contribution in [2.24, 2.45) is 7.05 Å². The van der Waals surface area contributed by atoms with Gasteiger partial charge in [0.1, 0.15) is 11.5 Å². The first-order chi connectivity index (χ1) is 13.4. The van der Waals surface area contributed by atoms with Gasteiger partial charge in [-0.25, -0.2) is 0 Å². The van der Waals surface area contributed by atoms with E-state index in [1.165, 1.54) is 0 Å². The highest BCUT2D eigenvalue weighted by Crippen LogP contribution is 2.34. The smallest absolute Gasteiger partial charge is 0.259 e. The van der Waals surface area contributed by atoms with Crippen molar-refractivity contribution >= 4 is 11.6 Å². The van der Waals surface area contributed by atoms with Crippen molar-refractivity contribution in [3.05, 3.63) is 59.4 Å². The third kappa shape index (κ3) is 3.93. The van der Waals surface area contributed by atoms with Gasteiger partial charge in [0.25, 0.3) is 5.91 Å². The Hall–Kier alpha value is -3.48. The summed E-state index contributed by atoms with van der Waals surface area (Å²) in [5, 5.41) is 7.19. The number of amides is 1. The molecule has 28 heavy (non-hydrogen) atoms. The third-order valence-corrected chi connectivity index (χ3v) is 4.44. The summed E-state index contributed by atoms with van der Waals surface area (Å²) in [6, 6.07) is 12.4.